The number of benzene rings is 2. The quantitative estimate of drug-likeness (QED) is 0.479. The highest BCUT2D eigenvalue weighted by Gasteiger charge is 2.17. The van der Waals surface area contributed by atoms with Crippen molar-refractivity contribution in [2.24, 2.45) is 0 Å². The van der Waals surface area contributed by atoms with Crippen LogP contribution < -0.4 is 10.9 Å². The second kappa shape index (κ2) is 8.89. The summed E-state index contributed by atoms with van der Waals surface area (Å²) in [5.74, 6) is 1.08. The lowest BCUT2D eigenvalue weighted by Crippen LogP contribution is -2.32. The third kappa shape index (κ3) is 4.32. The number of aryl methyl sites for hydroxylation is 1. The van der Waals surface area contributed by atoms with Crippen LogP contribution in [0.1, 0.15) is 38.1 Å². The average Bonchev–Trinajstić information content (AvgIpc) is 3.20. The molecule has 0 fully saturated rings. The van der Waals surface area contributed by atoms with Gasteiger partial charge in [-0.2, -0.15) is 0 Å². The summed E-state index contributed by atoms with van der Waals surface area (Å²) in [4.78, 5) is 25.5. The minimum absolute atomic E-state index is 0.0232. The molecule has 0 saturated carbocycles. The van der Waals surface area contributed by atoms with E-state index in [9.17, 15) is 9.59 Å². The van der Waals surface area contributed by atoms with E-state index in [1.54, 1.807) is 22.8 Å². The van der Waals surface area contributed by atoms with Crippen molar-refractivity contribution < 1.29 is 4.79 Å². The van der Waals surface area contributed by atoms with Crippen molar-refractivity contribution in [1.29, 1.82) is 0 Å². The first kappa shape index (κ1) is 21.1. The predicted molar refractivity (Wildman–Crippen MR) is 122 cm³/mol. The number of hydrogen-bond acceptors (Lipinski definition) is 4. The first-order valence-corrected chi connectivity index (χ1v) is 10.7. The summed E-state index contributed by atoms with van der Waals surface area (Å²) in [6.45, 7) is 4.35. The monoisotopic (exact) mass is 437 g/mol. The molecule has 0 aliphatic rings. The third-order valence-corrected chi connectivity index (χ3v) is 5.68. The van der Waals surface area contributed by atoms with E-state index in [2.05, 4.69) is 15.5 Å². The van der Waals surface area contributed by atoms with E-state index in [-0.39, 0.29) is 17.5 Å². The minimum Gasteiger partial charge on any atom is -0.354 e. The summed E-state index contributed by atoms with van der Waals surface area (Å²) in [6.07, 6.45) is 1.60. The van der Waals surface area contributed by atoms with Crippen LogP contribution in [0.2, 0.25) is 5.02 Å². The Labute approximate surface area is 184 Å². The normalized spacial score (nSPS) is 12.4. The maximum atomic E-state index is 13.2. The Balaban J connectivity index is 1.76. The first-order chi connectivity index (χ1) is 15.0. The van der Waals surface area contributed by atoms with E-state index in [0.717, 1.165) is 17.5 Å². The number of aromatic nitrogens is 4. The number of nitrogens with zero attached hydrogens (tertiary/aromatic N) is 4. The predicted octanol–water partition coefficient (Wildman–Crippen LogP) is 3.59. The SMILES string of the molecule is CCC(C)NC(=O)CCc1nnc2n(Cc3ccc(Cl)cc3)c(=O)c3ccccc3n12. The summed E-state index contributed by atoms with van der Waals surface area (Å²) in [5, 5.41) is 12.8. The van der Waals surface area contributed by atoms with Gasteiger partial charge in [-0.25, -0.2) is 0 Å². The van der Waals surface area contributed by atoms with E-state index in [4.69, 9.17) is 11.6 Å². The summed E-state index contributed by atoms with van der Waals surface area (Å²) >= 11 is 6.00. The fraction of sp³-hybridized carbons (Fsp3) is 0.304. The van der Waals surface area contributed by atoms with E-state index >= 15 is 0 Å². The Bertz CT molecular complexity index is 1290. The molecule has 1 amide bonds. The van der Waals surface area contributed by atoms with Crippen LogP contribution in [0.25, 0.3) is 16.7 Å². The smallest absolute Gasteiger partial charge is 0.263 e. The van der Waals surface area contributed by atoms with E-state index in [1.165, 1.54) is 0 Å². The zero-order chi connectivity index (χ0) is 22.0. The average molecular weight is 438 g/mol. The van der Waals surface area contributed by atoms with Gasteiger partial charge in [-0.1, -0.05) is 42.8 Å². The van der Waals surface area contributed by atoms with Gasteiger partial charge in [0, 0.05) is 23.9 Å². The molecule has 4 rings (SSSR count). The topological polar surface area (TPSA) is 81.3 Å². The van der Waals surface area contributed by atoms with Gasteiger partial charge in [-0.3, -0.25) is 18.6 Å². The number of fused-ring (bicyclic) bond motifs is 3. The molecule has 160 valence electrons. The van der Waals surface area contributed by atoms with Gasteiger partial charge in [-0.05, 0) is 43.2 Å². The zero-order valence-corrected chi connectivity index (χ0v) is 18.3. The van der Waals surface area contributed by atoms with Gasteiger partial charge in [0.2, 0.25) is 11.7 Å². The maximum Gasteiger partial charge on any atom is 0.263 e. The molecule has 2 aromatic heterocycles. The van der Waals surface area contributed by atoms with Gasteiger partial charge in [0.25, 0.3) is 5.56 Å². The molecule has 0 aliphatic heterocycles. The maximum absolute atomic E-state index is 13.2. The molecule has 0 aliphatic carbocycles. The Morgan fingerprint density at radius 3 is 2.61 bits per heavy atom. The number of carbonyl (C=O) groups excluding carboxylic acids is 1. The summed E-state index contributed by atoms with van der Waals surface area (Å²) < 4.78 is 3.49. The van der Waals surface area contributed by atoms with Crippen LogP contribution in [0.15, 0.2) is 53.3 Å². The van der Waals surface area contributed by atoms with Crippen molar-refractivity contribution in [1.82, 2.24) is 24.5 Å². The van der Waals surface area contributed by atoms with E-state index in [1.807, 2.05) is 48.6 Å². The summed E-state index contributed by atoms with van der Waals surface area (Å²) in [6, 6.07) is 14.9. The molecule has 2 aromatic carbocycles. The van der Waals surface area contributed by atoms with Gasteiger partial charge in [0.05, 0.1) is 17.4 Å². The molecule has 0 spiro atoms. The van der Waals surface area contributed by atoms with Crippen LogP contribution in [-0.2, 0) is 17.8 Å². The molecule has 7 nitrogen and oxygen atoms in total. The Kier molecular flexibility index (Phi) is 6.04. The van der Waals surface area contributed by atoms with Gasteiger partial charge in [-0.15, -0.1) is 10.2 Å². The standard InChI is InChI=1S/C23H24ClN5O2/c1-3-15(2)25-21(30)13-12-20-26-27-23-28(14-16-8-10-17(24)11-9-16)22(31)18-6-4-5-7-19(18)29(20)23/h4-11,15H,3,12-14H2,1-2H3,(H,25,30). The third-order valence-electron chi connectivity index (χ3n) is 5.42. The van der Waals surface area contributed by atoms with Crippen LogP contribution in [0.5, 0.6) is 0 Å². The Morgan fingerprint density at radius 1 is 1.13 bits per heavy atom. The minimum atomic E-state index is -0.133. The van der Waals surface area contributed by atoms with Gasteiger partial charge in [0.1, 0.15) is 5.82 Å². The van der Waals surface area contributed by atoms with Crippen molar-refractivity contribution in [3.05, 3.63) is 75.3 Å². The molecular weight excluding hydrogens is 414 g/mol. The summed E-state index contributed by atoms with van der Waals surface area (Å²) in [7, 11) is 0. The molecule has 31 heavy (non-hydrogen) atoms. The van der Waals surface area contributed by atoms with Crippen LogP contribution in [-0.4, -0.2) is 31.1 Å². The number of carbonyl (C=O) groups is 1. The van der Waals surface area contributed by atoms with Crippen LogP contribution in [0.4, 0.5) is 0 Å². The first-order valence-electron chi connectivity index (χ1n) is 10.4. The molecule has 0 bridgehead atoms. The Morgan fingerprint density at radius 2 is 1.87 bits per heavy atom. The van der Waals surface area contributed by atoms with Crippen molar-refractivity contribution in [2.75, 3.05) is 0 Å². The highest BCUT2D eigenvalue weighted by atomic mass is 35.5. The lowest BCUT2D eigenvalue weighted by molar-refractivity contribution is -0.121. The lowest BCUT2D eigenvalue weighted by Gasteiger charge is -2.12. The number of hydrogen-bond donors (Lipinski definition) is 1. The molecule has 2 heterocycles. The number of para-hydroxylation sites is 1. The van der Waals surface area contributed by atoms with Gasteiger partial charge >= 0.3 is 0 Å². The Hall–Kier alpha value is -3.19. The second-order valence-corrected chi connectivity index (χ2v) is 8.10. The number of nitrogens with one attached hydrogen (secondary N) is 1. The highest BCUT2D eigenvalue weighted by molar-refractivity contribution is 6.30. The van der Waals surface area contributed by atoms with Crippen LogP contribution in [0.3, 0.4) is 0 Å². The molecule has 8 heteroatoms. The highest BCUT2D eigenvalue weighted by Crippen LogP contribution is 2.17. The van der Waals surface area contributed by atoms with Crippen molar-refractivity contribution in [3.8, 4) is 0 Å². The van der Waals surface area contributed by atoms with E-state index < -0.39 is 0 Å². The lowest BCUT2D eigenvalue weighted by atomic mass is 10.2. The van der Waals surface area contributed by atoms with Crippen LogP contribution in [0, 0.1) is 0 Å². The van der Waals surface area contributed by atoms with Gasteiger partial charge < -0.3 is 5.32 Å². The fourth-order valence-electron chi connectivity index (χ4n) is 3.57. The zero-order valence-electron chi connectivity index (χ0n) is 17.5. The number of amides is 1. The second-order valence-electron chi connectivity index (χ2n) is 7.66. The molecule has 0 radical (unpaired) electrons. The molecule has 1 N–H and O–H groups in total. The number of rotatable bonds is 7. The molecular formula is C23H24ClN5O2. The van der Waals surface area contributed by atoms with Crippen LogP contribution >= 0.6 is 11.6 Å². The number of halogens is 1. The fourth-order valence-corrected chi connectivity index (χ4v) is 3.69. The van der Waals surface area contributed by atoms with Gasteiger partial charge in [0.15, 0.2) is 0 Å². The van der Waals surface area contributed by atoms with Crippen molar-refractivity contribution in [2.45, 2.75) is 45.7 Å². The molecule has 1 unspecified atom stereocenters. The largest absolute Gasteiger partial charge is 0.354 e. The van der Waals surface area contributed by atoms with Crippen molar-refractivity contribution >= 4 is 34.2 Å². The van der Waals surface area contributed by atoms with Crippen molar-refractivity contribution in [3.63, 3.8) is 0 Å². The van der Waals surface area contributed by atoms with E-state index in [0.29, 0.717) is 41.4 Å². The molecule has 4 aromatic rings. The molecule has 1 atom stereocenters. The summed E-state index contributed by atoms with van der Waals surface area (Å²) in [5.41, 5.74) is 1.53. The molecule has 0 saturated heterocycles.